The zero-order valence-electron chi connectivity index (χ0n) is 13.8. The minimum absolute atomic E-state index is 0.00189. The lowest BCUT2D eigenvalue weighted by Gasteiger charge is -2.21. The number of hydroxylamine groups is 1. The van der Waals surface area contributed by atoms with Gasteiger partial charge in [0.05, 0.1) is 24.3 Å². The predicted octanol–water partition coefficient (Wildman–Crippen LogP) is 2.86. The highest BCUT2D eigenvalue weighted by molar-refractivity contribution is 7.86. The Morgan fingerprint density at radius 1 is 1.13 bits per heavy atom. The van der Waals surface area contributed by atoms with E-state index in [0.29, 0.717) is 0 Å². The molecule has 0 aromatic heterocycles. The Balaban J connectivity index is 2.65. The molecule has 0 aliphatic heterocycles. The Morgan fingerprint density at radius 2 is 1.65 bits per heavy atom. The van der Waals surface area contributed by atoms with Crippen molar-refractivity contribution >= 4 is 17.7 Å². The van der Waals surface area contributed by atoms with Gasteiger partial charge in [-0.15, -0.1) is 0 Å². The molecule has 0 fully saturated rings. The summed E-state index contributed by atoms with van der Waals surface area (Å²) in [7, 11) is -7.21. The first-order chi connectivity index (χ1) is 10.7. The van der Waals surface area contributed by atoms with E-state index in [1.807, 2.05) is 6.92 Å². The van der Waals surface area contributed by atoms with Crippen LogP contribution in [-0.4, -0.2) is 33.8 Å². The molecule has 0 saturated heterocycles. The highest BCUT2D eigenvalue weighted by atomic mass is 32.2. The Hall–Kier alpha value is -0.760. The SMILES string of the molecule is CCOP(=O)(C[C@@H](C)NOS(=O)(=O)c1ccc(C)cc1)OCC. The van der Waals surface area contributed by atoms with E-state index in [-0.39, 0.29) is 24.3 Å². The summed E-state index contributed by atoms with van der Waals surface area (Å²) in [6.45, 7) is 7.40. The van der Waals surface area contributed by atoms with Crippen LogP contribution in [0.15, 0.2) is 29.2 Å². The van der Waals surface area contributed by atoms with Gasteiger partial charge in [0.2, 0.25) is 0 Å². The monoisotopic (exact) mass is 365 g/mol. The first-order valence-electron chi connectivity index (χ1n) is 7.36. The standard InChI is InChI=1S/C14H24NO6PS/c1-5-19-22(16,20-6-2)11-13(4)15-21-23(17,18)14-9-7-12(3)8-10-14/h7-10,13,15H,5-6,11H2,1-4H3/t13-/m1/s1. The molecule has 1 rings (SSSR count). The van der Waals surface area contributed by atoms with Crippen molar-refractivity contribution in [2.24, 2.45) is 0 Å². The van der Waals surface area contributed by atoms with Crippen LogP contribution in [0.2, 0.25) is 0 Å². The van der Waals surface area contributed by atoms with Gasteiger partial charge in [0, 0.05) is 6.04 Å². The average molecular weight is 365 g/mol. The van der Waals surface area contributed by atoms with Crippen molar-refractivity contribution in [2.45, 2.75) is 38.6 Å². The van der Waals surface area contributed by atoms with Crippen molar-refractivity contribution in [1.29, 1.82) is 0 Å². The highest BCUT2D eigenvalue weighted by Gasteiger charge is 2.27. The van der Waals surface area contributed by atoms with Gasteiger partial charge in [-0.1, -0.05) is 17.7 Å². The third-order valence-corrected chi connectivity index (χ3v) is 6.28. The molecule has 0 saturated carbocycles. The summed E-state index contributed by atoms with van der Waals surface area (Å²) >= 11 is 0. The van der Waals surface area contributed by atoms with Crippen LogP contribution < -0.4 is 5.48 Å². The Morgan fingerprint density at radius 3 is 2.13 bits per heavy atom. The second-order valence-electron chi connectivity index (χ2n) is 5.00. The molecule has 1 N–H and O–H groups in total. The molecule has 0 radical (unpaired) electrons. The van der Waals surface area contributed by atoms with Crippen LogP contribution in [0.25, 0.3) is 0 Å². The second kappa shape index (κ2) is 8.92. The fourth-order valence-corrected chi connectivity index (χ4v) is 4.48. The van der Waals surface area contributed by atoms with E-state index in [4.69, 9.17) is 13.3 Å². The molecule has 0 spiro atoms. The van der Waals surface area contributed by atoms with Crippen LogP contribution in [0.4, 0.5) is 0 Å². The predicted molar refractivity (Wildman–Crippen MR) is 87.8 cm³/mol. The van der Waals surface area contributed by atoms with Crippen molar-refractivity contribution in [3.05, 3.63) is 29.8 Å². The maximum Gasteiger partial charge on any atom is 0.332 e. The summed E-state index contributed by atoms with van der Waals surface area (Å²) in [6, 6.07) is 5.74. The summed E-state index contributed by atoms with van der Waals surface area (Å²) in [5, 5.41) is 0. The highest BCUT2D eigenvalue weighted by Crippen LogP contribution is 2.48. The number of nitrogens with one attached hydrogen (secondary N) is 1. The third-order valence-electron chi connectivity index (χ3n) is 2.82. The minimum atomic E-state index is -3.93. The molecular formula is C14H24NO6PS. The molecule has 132 valence electrons. The van der Waals surface area contributed by atoms with Crippen molar-refractivity contribution in [3.63, 3.8) is 0 Å². The minimum Gasteiger partial charge on any atom is -0.309 e. The van der Waals surface area contributed by atoms with Crippen molar-refractivity contribution < 1.29 is 26.3 Å². The fourth-order valence-electron chi connectivity index (χ4n) is 1.81. The number of aryl methyl sites for hydroxylation is 1. The maximum absolute atomic E-state index is 12.4. The summed E-state index contributed by atoms with van der Waals surface area (Å²) in [6.07, 6.45) is -0.00189. The fraction of sp³-hybridized carbons (Fsp3) is 0.571. The normalized spacial score (nSPS) is 13.9. The van der Waals surface area contributed by atoms with E-state index in [1.54, 1.807) is 32.9 Å². The first kappa shape index (κ1) is 20.3. The smallest absolute Gasteiger partial charge is 0.309 e. The lowest BCUT2D eigenvalue weighted by molar-refractivity contribution is 0.166. The zero-order chi connectivity index (χ0) is 17.5. The largest absolute Gasteiger partial charge is 0.332 e. The van der Waals surface area contributed by atoms with Crippen LogP contribution in [0.1, 0.15) is 26.3 Å². The van der Waals surface area contributed by atoms with Gasteiger partial charge >= 0.3 is 17.7 Å². The van der Waals surface area contributed by atoms with E-state index < -0.39 is 23.8 Å². The summed E-state index contributed by atoms with van der Waals surface area (Å²) in [5.41, 5.74) is 3.33. The van der Waals surface area contributed by atoms with Crippen LogP contribution >= 0.6 is 7.60 Å². The van der Waals surface area contributed by atoms with E-state index in [2.05, 4.69) is 5.48 Å². The van der Waals surface area contributed by atoms with Crippen molar-refractivity contribution in [3.8, 4) is 0 Å². The van der Waals surface area contributed by atoms with Gasteiger partial charge in [-0.3, -0.25) is 4.57 Å². The molecule has 0 amide bonds. The van der Waals surface area contributed by atoms with Crippen molar-refractivity contribution in [1.82, 2.24) is 5.48 Å². The molecule has 1 aromatic carbocycles. The van der Waals surface area contributed by atoms with E-state index in [1.165, 1.54) is 12.1 Å². The Bertz CT molecular complexity index is 621. The van der Waals surface area contributed by atoms with Gasteiger partial charge in [-0.2, -0.15) is 18.2 Å². The van der Waals surface area contributed by atoms with E-state index >= 15 is 0 Å². The lowest BCUT2D eigenvalue weighted by atomic mass is 10.2. The molecule has 0 unspecified atom stereocenters. The van der Waals surface area contributed by atoms with Gasteiger partial charge in [-0.25, -0.2) is 0 Å². The number of rotatable bonds is 10. The molecule has 0 aliphatic carbocycles. The number of benzene rings is 1. The number of hydrogen-bond donors (Lipinski definition) is 1. The third kappa shape index (κ3) is 6.71. The van der Waals surface area contributed by atoms with E-state index in [9.17, 15) is 13.0 Å². The quantitative estimate of drug-likeness (QED) is 0.503. The van der Waals surface area contributed by atoms with Crippen LogP contribution in [0, 0.1) is 6.92 Å². The van der Waals surface area contributed by atoms with Gasteiger partial charge in [-0.05, 0) is 39.8 Å². The van der Waals surface area contributed by atoms with Crippen LogP contribution in [0.3, 0.4) is 0 Å². The van der Waals surface area contributed by atoms with Crippen LogP contribution in [-0.2, 0) is 28.0 Å². The molecular weight excluding hydrogens is 341 g/mol. The summed E-state index contributed by atoms with van der Waals surface area (Å²) in [5.74, 6) is 0. The van der Waals surface area contributed by atoms with Gasteiger partial charge in [0.1, 0.15) is 0 Å². The average Bonchev–Trinajstić information content (AvgIpc) is 2.46. The topological polar surface area (TPSA) is 90.9 Å². The zero-order valence-corrected chi connectivity index (χ0v) is 15.5. The van der Waals surface area contributed by atoms with Crippen LogP contribution in [0.5, 0.6) is 0 Å². The van der Waals surface area contributed by atoms with Gasteiger partial charge in [0.15, 0.2) is 0 Å². The molecule has 1 atom stereocenters. The molecule has 7 nitrogen and oxygen atoms in total. The molecule has 23 heavy (non-hydrogen) atoms. The van der Waals surface area contributed by atoms with Gasteiger partial charge < -0.3 is 9.05 Å². The molecule has 0 heterocycles. The first-order valence-corrected chi connectivity index (χ1v) is 10.5. The van der Waals surface area contributed by atoms with Gasteiger partial charge in [0.25, 0.3) is 0 Å². The maximum atomic E-state index is 12.4. The number of hydrogen-bond acceptors (Lipinski definition) is 7. The molecule has 0 aliphatic rings. The summed E-state index contributed by atoms with van der Waals surface area (Å²) in [4.78, 5) is 0.0422. The van der Waals surface area contributed by atoms with E-state index in [0.717, 1.165) is 5.56 Å². The Kier molecular flexibility index (Phi) is 7.86. The lowest BCUT2D eigenvalue weighted by Crippen LogP contribution is -2.32. The second-order valence-corrected chi connectivity index (χ2v) is 8.65. The van der Waals surface area contributed by atoms with Crippen molar-refractivity contribution in [2.75, 3.05) is 19.4 Å². The molecule has 1 aromatic rings. The Labute approximate surface area is 137 Å². The molecule has 9 heteroatoms. The molecule has 0 bridgehead atoms. The summed E-state index contributed by atoms with van der Waals surface area (Å²) < 4.78 is 51.6.